The number of amides is 2. The van der Waals surface area contributed by atoms with E-state index >= 15 is 0 Å². The van der Waals surface area contributed by atoms with Crippen molar-refractivity contribution >= 4 is 58.2 Å². The summed E-state index contributed by atoms with van der Waals surface area (Å²) in [6, 6.07) is 29.3. The highest BCUT2D eigenvalue weighted by molar-refractivity contribution is 8.00. The van der Waals surface area contributed by atoms with Gasteiger partial charge in [0.1, 0.15) is 5.25 Å². The van der Waals surface area contributed by atoms with Gasteiger partial charge in [-0.25, -0.2) is 0 Å². The van der Waals surface area contributed by atoms with Gasteiger partial charge in [-0.05, 0) is 60.5 Å². The molecule has 0 saturated carbocycles. The molecule has 0 heterocycles. The summed E-state index contributed by atoms with van der Waals surface area (Å²) in [5, 5.41) is 6.17. The van der Waals surface area contributed by atoms with E-state index in [-0.39, 0.29) is 11.8 Å². The van der Waals surface area contributed by atoms with Crippen LogP contribution in [0.15, 0.2) is 102 Å². The van der Waals surface area contributed by atoms with Crippen LogP contribution in [0.3, 0.4) is 0 Å². The van der Waals surface area contributed by atoms with Gasteiger partial charge in [0, 0.05) is 21.2 Å². The minimum atomic E-state index is -0.551. The number of carbonyl (C=O) groups excluding carboxylic acids is 2. The van der Waals surface area contributed by atoms with Crippen molar-refractivity contribution in [1.29, 1.82) is 0 Å². The quantitative estimate of drug-likeness (QED) is 0.242. The zero-order chi connectivity index (χ0) is 24.8. The van der Waals surface area contributed by atoms with Gasteiger partial charge in [0.15, 0.2) is 0 Å². The van der Waals surface area contributed by atoms with Gasteiger partial charge in [-0.1, -0.05) is 77.8 Å². The summed E-state index contributed by atoms with van der Waals surface area (Å²) < 4.78 is 0. The van der Waals surface area contributed by atoms with Crippen molar-refractivity contribution in [2.24, 2.45) is 0 Å². The molecule has 4 rings (SSSR count). The summed E-state index contributed by atoms with van der Waals surface area (Å²) in [5.74, 6) is -0.403. The molecule has 0 aliphatic carbocycles. The Morgan fingerprint density at radius 1 is 0.800 bits per heavy atom. The van der Waals surface area contributed by atoms with E-state index in [9.17, 15) is 9.59 Å². The molecule has 7 heteroatoms. The first kappa shape index (κ1) is 24.9. The lowest BCUT2D eigenvalue weighted by molar-refractivity contribution is -0.115. The van der Waals surface area contributed by atoms with Gasteiger partial charge in [-0.2, -0.15) is 0 Å². The van der Waals surface area contributed by atoms with Crippen molar-refractivity contribution in [2.75, 3.05) is 10.6 Å². The van der Waals surface area contributed by atoms with Gasteiger partial charge in [0.2, 0.25) is 5.91 Å². The molecule has 176 valence electrons. The summed E-state index contributed by atoms with van der Waals surface area (Å²) in [6.45, 7) is 1.90. The zero-order valence-electron chi connectivity index (χ0n) is 18.8. The maximum atomic E-state index is 13.3. The fraction of sp³-hybridized carbons (Fsp3) is 0.0714. The molecule has 4 nitrogen and oxygen atoms in total. The summed E-state index contributed by atoms with van der Waals surface area (Å²) >= 11 is 13.6. The average molecular weight is 521 g/mol. The Balaban J connectivity index is 1.56. The summed E-state index contributed by atoms with van der Waals surface area (Å²) in [6.07, 6.45) is 0. The minimum absolute atomic E-state index is 0.181. The van der Waals surface area contributed by atoms with Crippen molar-refractivity contribution in [3.63, 3.8) is 0 Å². The van der Waals surface area contributed by atoms with Crippen LogP contribution in [-0.2, 0) is 4.79 Å². The molecule has 4 aromatic carbocycles. The third-order valence-corrected chi connectivity index (χ3v) is 7.06. The van der Waals surface area contributed by atoms with E-state index < -0.39 is 5.25 Å². The van der Waals surface area contributed by atoms with Crippen molar-refractivity contribution in [3.8, 4) is 0 Å². The standard InChI is InChI=1S/C28H22Cl2N2O2S/c1-18-8-5-6-13-23(18)27(33)31-21-11-7-12-22(17-21)35-26(19-9-3-2-4-10-19)28(34)32-25-15-14-20(29)16-24(25)30/h2-17,26H,1H3,(H,31,33)(H,32,34). The smallest absolute Gasteiger partial charge is 0.255 e. The highest BCUT2D eigenvalue weighted by Crippen LogP contribution is 2.38. The largest absolute Gasteiger partial charge is 0.323 e. The molecule has 1 atom stereocenters. The maximum Gasteiger partial charge on any atom is 0.255 e. The van der Waals surface area contributed by atoms with Crippen molar-refractivity contribution < 1.29 is 9.59 Å². The van der Waals surface area contributed by atoms with E-state index in [0.29, 0.717) is 27.0 Å². The Kier molecular flexibility index (Phi) is 8.13. The normalized spacial score (nSPS) is 11.5. The molecule has 2 N–H and O–H groups in total. The van der Waals surface area contributed by atoms with E-state index in [1.165, 1.54) is 11.8 Å². The predicted molar refractivity (Wildman–Crippen MR) is 146 cm³/mol. The van der Waals surface area contributed by atoms with Crippen LogP contribution in [0.5, 0.6) is 0 Å². The van der Waals surface area contributed by atoms with Crippen LogP contribution in [0.25, 0.3) is 0 Å². The molecule has 0 radical (unpaired) electrons. The predicted octanol–water partition coefficient (Wildman–Crippen LogP) is 8.03. The van der Waals surface area contributed by atoms with Crippen LogP contribution >= 0.6 is 35.0 Å². The molecular formula is C28H22Cl2N2O2S. The van der Waals surface area contributed by atoms with Crippen LogP contribution in [-0.4, -0.2) is 11.8 Å². The van der Waals surface area contributed by atoms with E-state index in [1.807, 2.05) is 79.7 Å². The second kappa shape index (κ2) is 11.5. The Morgan fingerprint density at radius 3 is 2.29 bits per heavy atom. The highest BCUT2D eigenvalue weighted by atomic mass is 35.5. The number of halogens is 2. The van der Waals surface area contributed by atoms with Gasteiger partial charge in [0.25, 0.3) is 5.91 Å². The van der Waals surface area contributed by atoms with E-state index in [2.05, 4.69) is 10.6 Å². The van der Waals surface area contributed by atoms with E-state index in [4.69, 9.17) is 23.2 Å². The fourth-order valence-electron chi connectivity index (χ4n) is 3.50. The molecule has 1 unspecified atom stereocenters. The Labute approximate surface area is 218 Å². The Bertz CT molecular complexity index is 1360. The first-order valence-corrected chi connectivity index (χ1v) is 12.5. The fourth-order valence-corrected chi connectivity index (χ4v) is 5.04. The van der Waals surface area contributed by atoms with Gasteiger partial charge in [-0.15, -0.1) is 11.8 Å². The van der Waals surface area contributed by atoms with Gasteiger partial charge in [0.05, 0.1) is 10.7 Å². The van der Waals surface area contributed by atoms with Crippen LogP contribution < -0.4 is 10.6 Å². The first-order chi connectivity index (χ1) is 16.9. The van der Waals surface area contributed by atoms with E-state index in [1.54, 1.807) is 24.3 Å². The molecule has 0 bridgehead atoms. The molecule has 2 amide bonds. The lowest BCUT2D eigenvalue weighted by Gasteiger charge is -2.18. The minimum Gasteiger partial charge on any atom is -0.323 e. The number of rotatable bonds is 7. The number of hydrogen-bond donors (Lipinski definition) is 2. The second-order valence-corrected chi connectivity index (χ2v) is 9.84. The lowest BCUT2D eigenvalue weighted by atomic mass is 10.1. The Hall–Kier alpha value is -3.25. The number of aryl methyl sites for hydroxylation is 1. The highest BCUT2D eigenvalue weighted by Gasteiger charge is 2.23. The van der Waals surface area contributed by atoms with Crippen LogP contribution in [0.2, 0.25) is 10.0 Å². The number of hydrogen-bond acceptors (Lipinski definition) is 3. The van der Waals surface area contributed by atoms with E-state index in [0.717, 1.165) is 16.0 Å². The van der Waals surface area contributed by atoms with Crippen molar-refractivity contribution in [2.45, 2.75) is 17.1 Å². The SMILES string of the molecule is Cc1ccccc1C(=O)Nc1cccc(SC(C(=O)Nc2ccc(Cl)cc2Cl)c2ccccc2)c1. The maximum absolute atomic E-state index is 13.3. The third kappa shape index (κ3) is 6.45. The van der Waals surface area contributed by atoms with Gasteiger partial charge < -0.3 is 10.6 Å². The van der Waals surface area contributed by atoms with Gasteiger partial charge in [-0.3, -0.25) is 9.59 Å². The second-order valence-electron chi connectivity index (χ2n) is 7.82. The third-order valence-electron chi connectivity index (χ3n) is 5.26. The zero-order valence-corrected chi connectivity index (χ0v) is 21.1. The number of benzene rings is 4. The van der Waals surface area contributed by atoms with Crippen molar-refractivity contribution in [1.82, 2.24) is 0 Å². The molecule has 0 saturated heterocycles. The van der Waals surface area contributed by atoms with Crippen molar-refractivity contribution in [3.05, 3.63) is 124 Å². The van der Waals surface area contributed by atoms with Gasteiger partial charge >= 0.3 is 0 Å². The number of thioether (sulfide) groups is 1. The van der Waals surface area contributed by atoms with Crippen LogP contribution in [0.4, 0.5) is 11.4 Å². The number of nitrogens with one attached hydrogen (secondary N) is 2. The molecule has 0 fully saturated rings. The number of carbonyl (C=O) groups is 2. The van der Waals surface area contributed by atoms with Crippen LogP contribution in [0.1, 0.15) is 26.7 Å². The monoisotopic (exact) mass is 520 g/mol. The molecule has 0 spiro atoms. The molecular weight excluding hydrogens is 499 g/mol. The molecule has 35 heavy (non-hydrogen) atoms. The summed E-state index contributed by atoms with van der Waals surface area (Å²) in [7, 11) is 0. The summed E-state index contributed by atoms with van der Waals surface area (Å²) in [5.41, 5.74) is 3.50. The number of anilines is 2. The van der Waals surface area contributed by atoms with Crippen LogP contribution in [0, 0.1) is 6.92 Å². The lowest BCUT2D eigenvalue weighted by Crippen LogP contribution is -2.19. The average Bonchev–Trinajstić information content (AvgIpc) is 2.85. The molecule has 4 aromatic rings. The molecule has 0 aliphatic rings. The Morgan fingerprint density at radius 2 is 1.54 bits per heavy atom. The molecule has 0 aliphatic heterocycles. The molecule has 0 aromatic heterocycles. The summed E-state index contributed by atoms with van der Waals surface area (Å²) in [4.78, 5) is 26.9. The first-order valence-electron chi connectivity index (χ1n) is 10.9. The topological polar surface area (TPSA) is 58.2 Å².